The van der Waals surface area contributed by atoms with Crippen molar-refractivity contribution in [3.8, 4) is 0 Å². The fraction of sp³-hybridized carbons (Fsp3) is 0.353. The molecule has 22 heavy (non-hydrogen) atoms. The molecule has 0 aliphatic heterocycles. The third-order valence-corrected chi connectivity index (χ3v) is 3.96. The molecule has 5 heteroatoms. The van der Waals surface area contributed by atoms with E-state index in [-0.39, 0.29) is 6.10 Å². The van der Waals surface area contributed by atoms with Gasteiger partial charge in [0, 0.05) is 6.42 Å². The summed E-state index contributed by atoms with van der Waals surface area (Å²) in [5.74, 6) is -1.07. The predicted molar refractivity (Wildman–Crippen MR) is 88.3 cm³/mol. The summed E-state index contributed by atoms with van der Waals surface area (Å²) in [6.07, 6.45) is 5.00. The van der Waals surface area contributed by atoms with E-state index >= 15 is 0 Å². The molecule has 0 heterocycles. The third kappa shape index (κ3) is 3.37. The topological polar surface area (TPSA) is 46.5 Å². The molecule has 1 unspecified atom stereocenters. The molecule has 1 aliphatic carbocycles. The second-order valence-electron chi connectivity index (χ2n) is 5.48. The van der Waals surface area contributed by atoms with Gasteiger partial charge >= 0.3 is 5.97 Å². The average molecular weight is 341 g/mol. The van der Waals surface area contributed by atoms with Gasteiger partial charge in [0.2, 0.25) is 5.60 Å². The molecule has 0 amide bonds. The Kier molecular flexibility index (Phi) is 5.00. The fourth-order valence-corrected chi connectivity index (χ4v) is 2.76. The first kappa shape index (κ1) is 17.1. The van der Waals surface area contributed by atoms with E-state index in [0.29, 0.717) is 17.6 Å². The van der Waals surface area contributed by atoms with Gasteiger partial charge in [0.05, 0.1) is 6.10 Å². The summed E-state index contributed by atoms with van der Waals surface area (Å²) in [7, 11) is 0. The molecule has 0 saturated heterocycles. The molecule has 0 aromatic heterocycles. The van der Waals surface area contributed by atoms with Crippen LogP contribution in [0, 0.1) is 0 Å². The Morgan fingerprint density at radius 1 is 1.32 bits per heavy atom. The van der Waals surface area contributed by atoms with E-state index in [1.54, 1.807) is 56.3 Å². The zero-order chi connectivity index (χ0) is 16.4. The van der Waals surface area contributed by atoms with Crippen LogP contribution < -0.4 is 0 Å². The van der Waals surface area contributed by atoms with Crippen molar-refractivity contribution in [3.63, 3.8) is 0 Å². The fourth-order valence-electron chi connectivity index (χ4n) is 2.48. The first-order valence-corrected chi connectivity index (χ1v) is 7.78. The highest BCUT2D eigenvalue weighted by molar-refractivity contribution is 6.50. The molecule has 1 atom stereocenters. The maximum atomic E-state index is 12.2. The largest absolute Gasteiger partial charge is 0.479 e. The molecular formula is C17H18Cl2O3. The molecule has 2 rings (SSSR count). The van der Waals surface area contributed by atoms with E-state index in [0.717, 1.165) is 0 Å². The third-order valence-electron chi connectivity index (χ3n) is 3.40. The van der Waals surface area contributed by atoms with Crippen molar-refractivity contribution in [1.82, 2.24) is 0 Å². The molecule has 0 fully saturated rings. The second-order valence-corrected chi connectivity index (χ2v) is 7.02. The molecule has 1 aromatic carbocycles. The van der Waals surface area contributed by atoms with Crippen molar-refractivity contribution < 1.29 is 14.6 Å². The molecule has 0 radical (unpaired) electrons. The van der Waals surface area contributed by atoms with Crippen LogP contribution in [-0.4, -0.2) is 21.5 Å². The summed E-state index contributed by atoms with van der Waals surface area (Å²) in [6.45, 7) is 3.61. The van der Waals surface area contributed by atoms with E-state index in [9.17, 15) is 9.90 Å². The van der Waals surface area contributed by atoms with Crippen LogP contribution in [0.5, 0.6) is 0 Å². The molecule has 1 aromatic rings. The summed E-state index contributed by atoms with van der Waals surface area (Å²) in [5, 5.41) is 9.94. The molecule has 118 valence electrons. The van der Waals surface area contributed by atoms with Crippen LogP contribution in [-0.2, 0) is 15.1 Å². The van der Waals surface area contributed by atoms with Gasteiger partial charge in [0.25, 0.3) is 0 Å². The maximum Gasteiger partial charge on any atom is 0.345 e. The molecular weight excluding hydrogens is 323 g/mol. The Bertz CT molecular complexity index is 606. The van der Waals surface area contributed by atoms with Crippen molar-refractivity contribution in [2.45, 2.75) is 36.3 Å². The monoisotopic (exact) mass is 340 g/mol. The Morgan fingerprint density at radius 2 is 1.95 bits per heavy atom. The SMILES string of the molecule is CC(C)OC(C(=O)O)(C1=CCC(Cl)(Cl)C=C1)c1ccccc1. The van der Waals surface area contributed by atoms with Crippen LogP contribution >= 0.6 is 23.2 Å². The Labute approximate surface area is 140 Å². The molecule has 0 spiro atoms. The summed E-state index contributed by atoms with van der Waals surface area (Å²) in [5.41, 5.74) is -0.489. The average Bonchev–Trinajstić information content (AvgIpc) is 2.45. The first-order valence-electron chi connectivity index (χ1n) is 7.02. The van der Waals surface area contributed by atoms with E-state index in [1.807, 2.05) is 6.07 Å². The number of aliphatic carboxylic acids is 1. The van der Waals surface area contributed by atoms with Crippen molar-refractivity contribution >= 4 is 29.2 Å². The second kappa shape index (κ2) is 6.45. The van der Waals surface area contributed by atoms with Crippen LogP contribution in [0.25, 0.3) is 0 Å². The zero-order valence-corrected chi connectivity index (χ0v) is 13.9. The number of benzene rings is 1. The molecule has 0 bridgehead atoms. The Hall–Kier alpha value is -1.29. The molecule has 1 aliphatic rings. The van der Waals surface area contributed by atoms with Gasteiger partial charge in [-0.25, -0.2) is 4.79 Å². The van der Waals surface area contributed by atoms with E-state index in [4.69, 9.17) is 27.9 Å². The lowest BCUT2D eigenvalue weighted by Gasteiger charge is -2.35. The summed E-state index contributed by atoms with van der Waals surface area (Å²) in [4.78, 5) is 12.2. The first-order chi connectivity index (χ1) is 10.3. The Balaban J connectivity index is 2.58. The normalized spacial score (nSPS) is 19.6. The van der Waals surface area contributed by atoms with Gasteiger partial charge in [-0.1, -0.05) is 65.7 Å². The minimum absolute atomic E-state index is 0.274. The molecule has 1 N–H and O–H groups in total. The van der Waals surface area contributed by atoms with Gasteiger partial charge in [-0.2, -0.15) is 0 Å². The van der Waals surface area contributed by atoms with Gasteiger partial charge in [0.15, 0.2) is 0 Å². The number of carbonyl (C=O) groups is 1. The molecule has 3 nitrogen and oxygen atoms in total. The maximum absolute atomic E-state index is 12.2. The van der Waals surface area contributed by atoms with Crippen molar-refractivity contribution in [2.24, 2.45) is 0 Å². The predicted octanol–water partition coefficient (Wildman–Crippen LogP) is 4.45. The zero-order valence-electron chi connectivity index (χ0n) is 12.4. The number of hydrogen-bond donors (Lipinski definition) is 1. The lowest BCUT2D eigenvalue weighted by atomic mass is 9.82. The quantitative estimate of drug-likeness (QED) is 0.805. The van der Waals surface area contributed by atoms with Crippen LogP contribution in [0.15, 0.2) is 54.1 Å². The summed E-state index contributed by atoms with van der Waals surface area (Å²) in [6, 6.07) is 8.90. The van der Waals surface area contributed by atoms with Crippen molar-refractivity contribution in [1.29, 1.82) is 0 Å². The van der Waals surface area contributed by atoms with Crippen LogP contribution in [0.2, 0.25) is 0 Å². The van der Waals surface area contributed by atoms with Gasteiger partial charge in [-0.05, 0) is 31.1 Å². The van der Waals surface area contributed by atoms with Crippen molar-refractivity contribution in [2.75, 3.05) is 0 Å². The van der Waals surface area contributed by atoms with Gasteiger partial charge in [-0.15, -0.1) is 0 Å². The number of rotatable bonds is 5. The number of carboxylic acid groups (broad SMARTS) is 1. The number of hydrogen-bond acceptors (Lipinski definition) is 2. The Morgan fingerprint density at radius 3 is 2.41 bits per heavy atom. The van der Waals surface area contributed by atoms with Crippen molar-refractivity contribution in [3.05, 3.63) is 59.7 Å². The number of carboxylic acids is 1. The minimum Gasteiger partial charge on any atom is -0.479 e. The smallest absolute Gasteiger partial charge is 0.345 e. The lowest BCUT2D eigenvalue weighted by molar-refractivity contribution is -0.166. The highest BCUT2D eigenvalue weighted by Crippen LogP contribution is 2.41. The number of ether oxygens (including phenoxy) is 1. The van der Waals surface area contributed by atoms with E-state index in [1.165, 1.54) is 0 Å². The lowest BCUT2D eigenvalue weighted by Crippen LogP contribution is -2.43. The van der Waals surface area contributed by atoms with Crippen LogP contribution in [0.1, 0.15) is 25.8 Å². The van der Waals surface area contributed by atoms with Gasteiger partial charge < -0.3 is 9.84 Å². The highest BCUT2D eigenvalue weighted by atomic mass is 35.5. The van der Waals surface area contributed by atoms with E-state index in [2.05, 4.69) is 0 Å². The summed E-state index contributed by atoms with van der Waals surface area (Å²) >= 11 is 12.1. The van der Waals surface area contributed by atoms with Gasteiger partial charge in [-0.3, -0.25) is 0 Å². The van der Waals surface area contributed by atoms with Gasteiger partial charge in [0.1, 0.15) is 4.33 Å². The van der Waals surface area contributed by atoms with Crippen LogP contribution in [0.3, 0.4) is 0 Å². The minimum atomic E-state index is -1.57. The number of allylic oxidation sites excluding steroid dienone is 2. The highest BCUT2D eigenvalue weighted by Gasteiger charge is 2.46. The number of halogens is 2. The van der Waals surface area contributed by atoms with Crippen LogP contribution in [0.4, 0.5) is 0 Å². The van der Waals surface area contributed by atoms with E-state index < -0.39 is 15.9 Å². The number of alkyl halides is 2. The standard InChI is InChI=1S/C17H18Cl2O3/c1-12(2)22-17(15(20)21,13-6-4-3-5-7-13)14-8-10-16(18,19)11-9-14/h3-10,12H,11H2,1-2H3,(H,20,21). The summed E-state index contributed by atoms with van der Waals surface area (Å²) < 4.78 is 4.88. The molecule has 0 saturated carbocycles.